The van der Waals surface area contributed by atoms with Crippen LogP contribution in [0.5, 0.6) is 5.75 Å². The first-order valence-electron chi connectivity index (χ1n) is 8.80. The third-order valence-electron chi connectivity index (χ3n) is 4.35. The van der Waals surface area contributed by atoms with Crippen molar-refractivity contribution in [2.24, 2.45) is 5.73 Å². The van der Waals surface area contributed by atoms with Gasteiger partial charge in [0.15, 0.2) is 6.61 Å². The fourth-order valence-corrected chi connectivity index (χ4v) is 3.04. The van der Waals surface area contributed by atoms with Crippen molar-refractivity contribution in [1.82, 2.24) is 0 Å². The molecule has 0 bridgehead atoms. The van der Waals surface area contributed by atoms with Crippen molar-refractivity contribution in [2.45, 2.75) is 19.3 Å². The van der Waals surface area contributed by atoms with Crippen LogP contribution in [0.1, 0.15) is 29.6 Å². The van der Waals surface area contributed by atoms with Crippen molar-refractivity contribution in [3.63, 3.8) is 0 Å². The first-order valence-corrected chi connectivity index (χ1v) is 8.80. The molecule has 1 saturated heterocycles. The third-order valence-corrected chi connectivity index (χ3v) is 4.35. The molecule has 0 radical (unpaired) electrons. The van der Waals surface area contributed by atoms with E-state index in [0.717, 1.165) is 13.1 Å². The number of nitrogens with zero attached hydrogens (tertiary/aromatic N) is 1. The number of benzene rings is 2. The largest absolute Gasteiger partial charge is 0.483 e. The summed E-state index contributed by atoms with van der Waals surface area (Å²) < 4.78 is 5.31. The highest BCUT2D eigenvalue weighted by atomic mass is 16.5. The average molecular weight is 353 g/mol. The van der Waals surface area contributed by atoms with E-state index in [1.165, 1.54) is 24.9 Å². The van der Waals surface area contributed by atoms with Crippen LogP contribution in [0.4, 0.5) is 11.4 Å². The predicted octanol–water partition coefficient (Wildman–Crippen LogP) is 2.79. The number of nitrogens with one attached hydrogen (secondary N) is 1. The molecule has 1 fully saturated rings. The summed E-state index contributed by atoms with van der Waals surface area (Å²) in [6, 6.07) is 14.6. The molecule has 2 aromatic carbocycles. The van der Waals surface area contributed by atoms with Crippen LogP contribution in [0.15, 0.2) is 48.5 Å². The van der Waals surface area contributed by atoms with E-state index in [-0.39, 0.29) is 12.5 Å². The average Bonchev–Trinajstić information content (AvgIpc) is 2.68. The minimum atomic E-state index is -0.589. The second kappa shape index (κ2) is 8.38. The number of carbonyl (C=O) groups is 2. The molecule has 1 aliphatic heterocycles. The van der Waals surface area contributed by atoms with E-state index in [4.69, 9.17) is 10.5 Å². The monoisotopic (exact) mass is 353 g/mol. The second-order valence-corrected chi connectivity index (χ2v) is 6.30. The van der Waals surface area contributed by atoms with Crippen LogP contribution in [0.3, 0.4) is 0 Å². The predicted molar refractivity (Wildman–Crippen MR) is 102 cm³/mol. The van der Waals surface area contributed by atoms with Gasteiger partial charge in [-0.3, -0.25) is 9.59 Å². The smallest absolute Gasteiger partial charge is 0.259 e. The molecule has 0 spiro atoms. The summed E-state index contributed by atoms with van der Waals surface area (Å²) in [7, 11) is 0. The number of para-hydroxylation sites is 1. The number of hydrogen-bond donors (Lipinski definition) is 2. The van der Waals surface area contributed by atoms with Crippen molar-refractivity contribution in [3.8, 4) is 5.75 Å². The van der Waals surface area contributed by atoms with Crippen LogP contribution in [-0.4, -0.2) is 31.5 Å². The summed E-state index contributed by atoms with van der Waals surface area (Å²) in [6.07, 6.45) is 3.74. The molecule has 6 heteroatoms. The first-order chi connectivity index (χ1) is 12.6. The van der Waals surface area contributed by atoms with E-state index < -0.39 is 5.91 Å². The lowest BCUT2D eigenvalue weighted by molar-refractivity contribution is -0.119. The number of hydrogen-bond acceptors (Lipinski definition) is 4. The lowest BCUT2D eigenvalue weighted by Crippen LogP contribution is -2.29. The standard InChI is InChI=1S/C20H23N3O3/c21-19(24)14-26-18-7-3-2-6-17(18)20(25)22-15-8-10-16(11-9-15)23-12-4-1-5-13-23/h2-3,6-11H,1,4-5,12-14H2,(H2,21,24)(H,22,25). The fraction of sp³-hybridized carbons (Fsp3) is 0.300. The van der Waals surface area contributed by atoms with E-state index in [2.05, 4.69) is 10.2 Å². The third kappa shape index (κ3) is 4.53. The first kappa shape index (κ1) is 17.8. The summed E-state index contributed by atoms with van der Waals surface area (Å²) in [5, 5.41) is 2.86. The Bertz CT molecular complexity index is 768. The molecule has 26 heavy (non-hydrogen) atoms. The van der Waals surface area contributed by atoms with Crippen LogP contribution in [0, 0.1) is 0 Å². The van der Waals surface area contributed by atoms with Gasteiger partial charge in [0.05, 0.1) is 5.56 Å². The maximum absolute atomic E-state index is 12.5. The minimum Gasteiger partial charge on any atom is -0.483 e. The Labute approximate surface area is 152 Å². The molecule has 6 nitrogen and oxygen atoms in total. The number of carbonyl (C=O) groups excluding carboxylic acids is 2. The fourth-order valence-electron chi connectivity index (χ4n) is 3.04. The normalized spacial score (nSPS) is 13.9. The summed E-state index contributed by atoms with van der Waals surface area (Å²) in [4.78, 5) is 25.8. The summed E-state index contributed by atoms with van der Waals surface area (Å²) in [6.45, 7) is 1.89. The number of amides is 2. The zero-order valence-electron chi connectivity index (χ0n) is 14.6. The highest BCUT2D eigenvalue weighted by molar-refractivity contribution is 6.06. The Morgan fingerprint density at radius 2 is 1.69 bits per heavy atom. The van der Waals surface area contributed by atoms with Gasteiger partial charge in [0, 0.05) is 24.5 Å². The molecule has 0 atom stereocenters. The Hall–Kier alpha value is -3.02. The SMILES string of the molecule is NC(=O)COc1ccccc1C(=O)Nc1ccc(N2CCCCC2)cc1. The van der Waals surface area contributed by atoms with Crippen LogP contribution >= 0.6 is 0 Å². The quantitative estimate of drug-likeness (QED) is 0.836. The second-order valence-electron chi connectivity index (χ2n) is 6.30. The molecule has 0 saturated carbocycles. The van der Waals surface area contributed by atoms with Gasteiger partial charge in [-0.25, -0.2) is 0 Å². The molecule has 3 rings (SSSR count). The van der Waals surface area contributed by atoms with E-state index in [0.29, 0.717) is 17.0 Å². The van der Waals surface area contributed by atoms with Crippen LogP contribution in [0.25, 0.3) is 0 Å². The number of ether oxygens (including phenoxy) is 1. The Kier molecular flexibility index (Phi) is 5.73. The number of piperidine rings is 1. The summed E-state index contributed by atoms with van der Waals surface area (Å²) >= 11 is 0. The van der Waals surface area contributed by atoms with Crippen molar-refractivity contribution >= 4 is 23.2 Å². The highest BCUT2D eigenvalue weighted by Crippen LogP contribution is 2.23. The van der Waals surface area contributed by atoms with Crippen LogP contribution in [0.2, 0.25) is 0 Å². The molecule has 136 valence electrons. The zero-order chi connectivity index (χ0) is 18.4. The van der Waals surface area contributed by atoms with E-state index in [1.807, 2.05) is 24.3 Å². The molecule has 1 heterocycles. The molecular formula is C20H23N3O3. The molecule has 1 aliphatic rings. The van der Waals surface area contributed by atoms with Gasteiger partial charge in [0.2, 0.25) is 0 Å². The van der Waals surface area contributed by atoms with Gasteiger partial charge in [0.1, 0.15) is 5.75 Å². The molecule has 0 aliphatic carbocycles. The van der Waals surface area contributed by atoms with Gasteiger partial charge in [-0.15, -0.1) is 0 Å². The van der Waals surface area contributed by atoms with Gasteiger partial charge in [-0.1, -0.05) is 12.1 Å². The van der Waals surface area contributed by atoms with E-state index in [1.54, 1.807) is 24.3 Å². The topological polar surface area (TPSA) is 84.7 Å². The van der Waals surface area contributed by atoms with Gasteiger partial charge < -0.3 is 20.7 Å². The van der Waals surface area contributed by atoms with Gasteiger partial charge in [-0.05, 0) is 55.7 Å². The van der Waals surface area contributed by atoms with Crippen molar-refractivity contribution in [2.75, 3.05) is 29.9 Å². The minimum absolute atomic E-state index is 0.269. The number of anilines is 2. The number of primary amides is 1. The van der Waals surface area contributed by atoms with Crippen LogP contribution in [-0.2, 0) is 4.79 Å². The number of nitrogens with two attached hydrogens (primary N) is 1. The lowest BCUT2D eigenvalue weighted by atomic mass is 10.1. The zero-order valence-corrected chi connectivity index (χ0v) is 14.6. The van der Waals surface area contributed by atoms with Crippen molar-refractivity contribution < 1.29 is 14.3 Å². The molecule has 2 aromatic rings. The summed E-state index contributed by atoms with van der Waals surface area (Å²) in [5.74, 6) is -0.557. The Balaban J connectivity index is 1.67. The van der Waals surface area contributed by atoms with Crippen LogP contribution < -0.4 is 20.7 Å². The van der Waals surface area contributed by atoms with Crippen molar-refractivity contribution in [3.05, 3.63) is 54.1 Å². The Morgan fingerprint density at radius 1 is 1.00 bits per heavy atom. The maximum Gasteiger partial charge on any atom is 0.259 e. The van der Waals surface area contributed by atoms with E-state index in [9.17, 15) is 9.59 Å². The molecule has 0 aromatic heterocycles. The highest BCUT2D eigenvalue weighted by Gasteiger charge is 2.14. The Morgan fingerprint density at radius 3 is 2.38 bits per heavy atom. The van der Waals surface area contributed by atoms with E-state index >= 15 is 0 Å². The summed E-state index contributed by atoms with van der Waals surface area (Å²) in [5.41, 5.74) is 7.34. The lowest BCUT2D eigenvalue weighted by Gasteiger charge is -2.28. The number of rotatable bonds is 6. The molecular weight excluding hydrogens is 330 g/mol. The van der Waals surface area contributed by atoms with Gasteiger partial charge in [0.25, 0.3) is 11.8 Å². The molecule has 0 unspecified atom stereocenters. The van der Waals surface area contributed by atoms with Gasteiger partial charge in [-0.2, -0.15) is 0 Å². The molecule has 3 N–H and O–H groups in total. The van der Waals surface area contributed by atoms with Crippen molar-refractivity contribution in [1.29, 1.82) is 0 Å². The molecule has 2 amide bonds. The van der Waals surface area contributed by atoms with Gasteiger partial charge >= 0.3 is 0 Å². The maximum atomic E-state index is 12.5.